The summed E-state index contributed by atoms with van der Waals surface area (Å²) in [6, 6.07) is 7.57. The predicted molar refractivity (Wildman–Crippen MR) is 107 cm³/mol. The molecule has 7 heteroatoms. The topological polar surface area (TPSA) is 69.3 Å². The second-order valence-corrected chi connectivity index (χ2v) is 8.76. The van der Waals surface area contributed by atoms with Gasteiger partial charge in [-0.3, -0.25) is 18.6 Å². The molecule has 0 unspecified atom stereocenters. The van der Waals surface area contributed by atoms with Crippen LogP contribution in [0.15, 0.2) is 34.2 Å². The molecule has 1 atom stereocenters. The van der Waals surface area contributed by atoms with Gasteiger partial charge in [-0.1, -0.05) is 44.2 Å². The molecule has 1 aliphatic rings. The first-order valence-corrected chi connectivity index (χ1v) is 10.5. The predicted octanol–water partition coefficient (Wildman–Crippen LogP) is 3.69. The minimum Gasteiger partial charge on any atom is -0.298 e. The normalized spacial score (nSPS) is 18.0. The first-order chi connectivity index (χ1) is 13.1. The van der Waals surface area contributed by atoms with E-state index in [0.717, 1.165) is 31.2 Å². The Morgan fingerprint density at radius 3 is 2.78 bits per heavy atom. The highest BCUT2D eigenvalue weighted by Crippen LogP contribution is 2.31. The van der Waals surface area contributed by atoms with Gasteiger partial charge < -0.3 is 0 Å². The highest BCUT2D eigenvalue weighted by Gasteiger charge is 2.26. The van der Waals surface area contributed by atoms with E-state index in [0.29, 0.717) is 41.0 Å². The number of hydrogen-bond acceptors (Lipinski definition) is 5. The Labute approximate surface area is 162 Å². The molecule has 6 nitrogen and oxygen atoms in total. The van der Waals surface area contributed by atoms with E-state index in [4.69, 9.17) is 0 Å². The third kappa shape index (κ3) is 3.40. The van der Waals surface area contributed by atoms with Crippen LogP contribution in [-0.2, 0) is 11.3 Å². The van der Waals surface area contributed by atoms with E-state index in [1.807, 2.05) is 28.7 Å². The van der Waals surface area contributed by atoms with E-state index < -0.39 is 0 Å². The van der Waals surface area contributed by atoms with Gasteiger partial charge in [0.2, 0.25) is 5.78 Å². The van der Waals surface area contributed by atoms with E-state index in [-0.39, 0.29) is 10.8 Å². The fraction of sp³-hybridized carbons (Fsp3) is 0.500. The molecule has 0 amide bonds. The number of Topliss-reactive ketones (excluding diaryl/α,β-unsaturated/α-hetero) is 1. The number of para-hydroxylation sites is 1. The van der Waals surface area contributed by atoms with Crippen molar-refractivity contribution in [3.63, 3.8) is 0 Å². The Morgan fingerprint density at radius 1 is 1.19 bits per heavy atom. The lowest BCUT2D eigenvalue weighted by molar-refractivity contribution is -0.119. The molecule has 1 aliphatic carbocycles. The summed E-state index contributed by atoms with van der Waals surface area (Å²) in [5.41, 5.74) is 0.769. The van der Waals surface area contributed by atoms with E-state index in [1.54, 1.807) is 4.57 Å². The maximum atomic E-state index is 13.0. The zero-order valence-electron chi connectivity index (χ0n) is 15.7. The number of aromatic nitrogens is 4. The van der Waals surface area contributed by atoms with Crippen LogP contribution in [0.25, 0.3) is 16.7 Å². The molecular weight excluding hydrogens is 360 g/mol. The van der Waals surface area contributed by atoms with E-state index >= 15 is 0 Å². The summed E-state index contributed by atoms with van der Waals surface area (Å²) in [5, 5.41) is 9.99. The first kappa shape index (κ1) is 18.2. The molecular formula is C20H24N4O2S. The monoisotopic (exact) mass is 384 g/mol. The Morgan fingerprint density at radius 2 is 2.00 bits per heavy atom. The largest absolute Gasteiger partial charge is 0.298 e. The highest BCUT2D eigenvalue weighted by molar-refractivity contribution is 8.00. The molecule has 0 N–H and O–H groups in total. The van der Waals surface area contributed by atoms with Crippen molar-refractivity contribution in [1.29, 1.82) is 0 Å². The number of benzene rings is 1. The van der Waals surface area contributed by atoms with Gasteiger partial charge in [0.05, 0.1) is 16.2 Å². The molecule has 142 valence electrons. The van der Waals surface area contributed by atoms with E-state index in [9.17, 15) is 9.59 Å². The van der Waals surface area contributed by atoms with Crippen molar-refractivity contribution in [1.82, 2.24) is 19.2 Å². The van der Waals surface area contributed by atoms with Crippen LogP contribution in [0.4, 0.5) is 0 Å². The van der Waals surface area contributed by atoms with Gasteiger partial charge in [0.15, 0.2) is 5.16 Å². The van der Waals surface area contributed by atoms with Gasteiger partial charge in [-0.15, -0.1) is 10.2 Å². The quantitative estimate of drug-likeness (QED) is 0.671. The van der Waals surface area contributed by atoms with Crippen LogP contribution < -0.4 is 5.56 Å². The van der Waals surface area contributed by atoms with Gasteiger partial charge in [-0.25, -0.2) is 0 Å². The Balaban J connectivity index is 1.87. The minimum absolute atomic E-state index is 0.0311. The van der Waals surface area contributed by atoms with Crippen LogP contribution in [-0.4, -0.2) is 30.2 Å². The van der Waals surface area contributed by atoms with Gasteiger partial charge in [0.25, 0.3) is 5.56 Å². The lowest BCUT2D eigenvalue weighted by Crippen LogP contribution is -2.24. The third-order valence-corrected chi connectivity index (χ3v) is 6.41. The van der Waals surface area contributed by atoms with Crippen LogP contribution >= 0.6 is 11.8 Å². The number of rotatable bonds is 5. The van der Waals surface area contributed by atoms with Crippen molar-refractivity contribution in [2.75, 3.05) is 0 Å². The second kappa shape index (κ2) is 7.46. The molecule has 27 heavy (non-hydrogen) atoms. The summed E-state index contributed by atoms with van der Waals surface area (Å²) in [6.45, 7) is 4.89. The SMILES string of the molecule is CC(C)CCn1c(=O)c2ccccc2n2c(S[C@@H]3CCCCC3=O)nnc12. The van der Waals surface area contributed by atoms with Crippen LogP contribution in [0.3, 0.4) is 0 Å². The zero-order chi connectivity index (χ0) is 19.0. The fourth-order valence-corrected chi connectivity index (χ4v) is 4.76. The standard InChI is InChI=1S/C20H24N4O2S/c1-13(2)11-12-23-18(26)14-7-3-4-8-15(14)24-19(23)21-22-20(24)27-17-10-6-5-9-16(17)25/h3-4,7-8,13,17H,5-6,9-12H2,1-2H3/t17-/m1/s1. The Kier molecular flexibility index (Phi) is 5.04. The maximum Gasteiger partial charge on any atom is 0.262 e. The molecule has 2 aromatic heterocycles. The molecule has 4 rings (SSSR count). The zero-order valence-corrected chi connectivity index (χ0v) is 16.5. The molecule has 0 saturated heterocycles. The average molecular weight is 385 g/mol. The summed E-state index contributed by atoms with van der Waals surface area (Å²) in [4.78, 5) is 25.3. The Hall–Kier alpha value is -2.15. The number of thioether (sulfide) groups is 1. The number of fused-ring (bicyclic) bond motifs is 3. The summed E-state index contributed by atoms with van der Waals surface area (Å²) in [7, 11) is 0. The van der Waals surface area contributed by atoms with Gasteiger partial charge in [0.1, 0.15) is 5.78 Å². The number of carbonyl (C=O) groups excluding carboxylic acids is 1. The summed E-state index contributed by atoms with van der Waals surface area (Å²) in [5.74, 6) is 1.34. The number of carbonyl (C=O) groups is 1. The summed E-state index contributed by atoms with van der Waals surface area (Å²) in [6.07, 6.45) is 4.47. The lowest BCUT2D eigenvalue weighted by atomic mass is 9.99. The number of hydrogen-bond donors (Lipinski definition) is 0. The Bertz CT molecular complexity index is 1050. The number of aryl methyl sites for hydroxylation is 1. The molecule has 0 radical (unpaired) electrons. The molecule has 1 saturated carbocycles. The number of ketones is 1. The van der Waals surface area contributed by atoms with Crippen molar-refractivity contribution in [2.45, 2.75) is 62.9 Å². The summed E-state index contributed by atoms with van der Waals surface area (Å²) < 4.78 is 3.67. The van der Waals surface area contributed by atoms with Crippen LogP contribution in [0, 0.1) is 5.92 Å². The van der Waals surface area contributed by atoms with Crippen LogP contribution in [0.1, 0.15) is 46.0 Å². The number of nitrogens with zero attached hydrogens (tertiary/aromatic N) is 4. The van der Waals surface area contributed by atoms with E-state index in [1.165, 1.54) is 11.8 Å². The minimum atomic E-state index is -0.0686. The molecule has 0 bridgehead atoms. The highest BCUT2D eigenvalue weighted by atomic mass is 32.2. The van der Waals surface area contributed by atoms with Crippen molar-refractivity contribution >= 4 is 34.2 Å². The average Bonchev–Trinajstić information content (AvgIpc) is 3.07. The lowest BCUT2D eigenvalue weighted by Gasteiger charge is -2.19. The molecule has 2 heterocycles. The van der Waals surface area contributed by atoms with Crippen LogP contribution in [0.2, 0.25) is 0 Å². The maximum absolute atomic E-state index is 13.0. The van der Waals surface area contributed by atoms with E-state index in [2.05, 4.69) is 24.0 Å². The second-order valence-electron chi connectivity index (χ2n) is 7.59. The van der Waals surface area contributed by atoms with Crippen molar-refractivity contribution < 1.29 is 4.79 Å². The fourth-order valence-electron chi connectivity index (χ4n) is 3.60. The molecule has 0 spiro atoms. The third-order valence-electron chi connectivity index (χ3n) is 5.15. The van der Waals surface area contributed by atoms with Gasteiger partial charge in [-0.2, -0.15) is 0 Å². The van der Waals surface area contributed by atoms with Crippen molar-refractivity contribution in [3.8, 4) is 0 Å². The first-order valence-electron chi connectivity index (χ1n) is 9.62. The molecule has 3 aromatic rings. The van der Waals surface area contributed by atoms with Gasteiger partial charge in [-0.05, 0) is 37.3 Å². The van der Waals surface area contributed by atoms with Crippen molar-refractivity contribution in [3.05, 3.63) is 34.6 Å². The van der Waals surface area contributed by atoms with Gasteiger partial charge in [0, 0.05) is 13.0 Å². The molecule has 1 aromatic carbocycles. The molecule has 1 fully saturated rings. The van der Waals surface area contributed by atoms with Crippen LogP contribution in [0.5, 0.6) is 0 Å². The summed E-state index contributed by atoms with van der Waals surface area (Å²) >= 11 is 1.49. The van der Waals surface area contributed by atoms with Gasteiger partial charge >= 0.3 is 0 Å². The smallest absolute Gasteiger partial charge is 0.262 e. The van der Waals surface area contributed by atoms with Crippen molar-refractivity contribution in [2.24, 2.45) is 5.92 Å². The molecule has 0 aliphatic heterocycles.